The molecule has 0 radical (unpaired) electrons. The first-order valence-electron chi connectivity index (χ1n) is 14.2. The van der Waals surface area contributed by atoms with Gasteiger partial charge in [-0.15, -0.1) is 32.9 Å². The number of thiophene rings is 2. The summed E-state index contributed by atoms with van der Waals surface area (Å²) < 4.78 is 18.7. The van der Waals surface area contributed by atoms with Gasteiger partial charge >= 0.3 is 0 Å². The van der Waals surface area contributed by atoms with Crippen molar-refractivity contribution in [3.8, 4) is 22.9 Å². The Balaban J connectivity index is 1.29. The number of carbonyl (C=O) groups is 2. The van der Waals surface area contributed by atoms with Crippen molar-refractivity contribution in [2.45, 2.75) is 24.2 Å². The van der Waals surface area contributed by atoms with Gasteiger partial charge in [0, 0.05) is 12.0 Å². The molecule has 0 saturated heterocycles. The lowest BCUT2D eigenvalue weighted by atomic mass is 9.99. The van der Waals surface area contributed by atoms with E-state index >= 15 is 0 Å². The summed E-state index contributed by atoms with van der Waals surface area (Å²) in [5.74, 6) is 1.83. The van der Waals surface area contributed by atoms with E-state index < -0.39 is 6.04 Å². The molecule has 0 unspecified atom stereocenters. The standard InChI is InChI=1S/C32H30N6O5S3/c1-41-24-11-5-4-10-22(24)37-28(18-33-31(40)27-14-8-16-45-27)34-35-32(37)46-19-29(39)38-23(17-21(36-38)26-13-7-15-44-26)20-9-6-12-25(42-2)30(20)43-3/h4-16,23H,17-19H2,1-3H3,(H,33,40)/t23-/m1/s1. The number of rotatable bonds is 12. The van der Waals surface area contributed by atoms with E-state index in [0.717, 1.165) is 16.2 Å². The minimum absolute atomic E-state index is 0.0266. The zero-order valence-corrected chi connectivity index (χ0v) is 27.7. The van der Waals surface area contributed by atoms with Gasteiger partial charge in [-0.3, -0.25) is 14.2 Å². The third kappa shape index (κ3) is 6.36. The molecule has 46 heavy (non-hydrogen) atoms. The molecule has 0 saturated carbocycles. The van der Waals surface area contributed by atoms with E-state index in [1.165, 1.54) is 28.1 Å². The number of methoxy groups -OCH3 is 3. The van der Waals surface area contributed by atoms with Crippen LogP contribution in [0.4, 0.5) is 0 Å². The first-order valence-corrected chi connectivity index (χ1v) is 16.9. The minimum atomic E-state index is -0.398. The van der Waals surface area contributed by atoms with E-state index in [-0.39, 0.29) is 24.1 Å². The molecule has 1 N–H and O–H groups in total. The van der Waals surface area contributed by atoms with Gasteiger partial charge in [0.25, 0.3) is 11.8 Å². The van der Waals surface area contributed by atoms with Gasteiger partial charge in [0.15, 0.2) is 22.5 Å². The van der Waals surface area contributed by atoms with Crippen LogP contribution in [0.2, 0.25) is 0 Å². The van der Waals surface area contributed by atoms with E-state index in [1.54, 1.807) is 43.3 Å². The predicted molar refractivity (Wildman–Crippen MR) is 179 cm³/mol. The SMILES string of the molecule is COc1ccccc1-n1c(CNC(=O)c2cccs2)nnc1SCC(=O)N1N=C(c2cccs2)C[C@@H]1c1cccc(OC)c1OC. The van der Waals surface area contributed by atoms with Crippen molar-refractivity contribution in [2.24, 2.45) is 5.10 Å². The van der Waals surface area contributed by atoms with E-state index in [4.69, 9.17) is 19.3 Å². The van der Waals surface area contributed by atoms with E-state index in [9.17, 15) is 9.59 Å². The largest absolute Gasteiger partial charge is 0.495 e. The molecule has 4 heterocycles. The van der Waals surface area contributed by atoms with Crippen LogP contribution in [0.1, 0.15) is 38.4 Å². The molecule has 3 aromatic heterocycles. The van der Waals surface area contributed by atoms with Gasteiger partial charge in [0.05, 0.1) is 60.8 Å². The molecule has 2 amide bonds. The zero-order valence-electron chi connectivity index (χ0n) is 25.2. The Morgan fingerprint density at radius 1 is 0.913 bits per heavy atom. The molecule has 0 aliphatic carbocycles. The maximum absolute atomic E-state index is 14.0. The van der Waals surface area contributed by atoms with E-state index in [1.807, 2.05) is 71.4 Å². The van der Waals surface area contributed by atoms with Gasteiger partial charge in [-0.2, -0.15) is 5.10 Å². The number of ether oxygens (including phenoxy) is 3. The lowest BCUT2D eigenvalue weighted by Gasteiger charge is -2.24. The summed E-state index contributed by atoms with van der Waals surface area (Å²) in [6.45, 7) is 0.120. The quantitative estimate of drug-likeness (QED) is 0.165. The fourth-order valence-corrected chi connectivity index (χ4v) is 7.34. The highest BCUT2D eigenvalue weighted by Crippen LogP contribution is 2.42. The van der Waals surface area contributed by atoms with Crippen molar-refractivity contribution in [1.29, 1.82) is 0 Å². The highest BCUT2D eigenvalue weighted by molar-refractivity contribution is 7.99. The van der Waals surface area contributed by atoms with Crippen LogP contribution in [0, 0.1) is 0 Å². The molecule has 0 spiro atoms. The van der Waals surface area contributed by atoms with E-state index in [2.05, 4.69) is 15.5 Å². The summed E-state index contributed by atoms with van der Waals surface area (Å²) in [6, 6.07) is 20.2. The number of nitrogens with zero attached hydrogens (tertiary/aromatic N) is 5. The summed E-state index contributed by atoms with van der Waals surface area (Å²) in [4.78, 5) is 28.3. The molecule has 11 nitrogen and oxygen atoms in total. The molecule has 1 aliphatic heterocycles. The highest BCUT2D eigenvalue weighted by atomic mass is 32.2. The van der Waals surface area contributed by atoms with Gasteiger partial charge in [0.1, 0.15) is 5.75 Å². The van der Waals surface area contributed by atoms with Crippen LogP contribution in [0.5, 0.6) is 17.2 Å². The zero-order chi connectivity index (χ0) is 32.0. The minimum Gasteiger partial charge on any atom is -0.495 e. The summed E-state index contributed by atoms with van der Waals surface area (Å²) >= 11 is 4.17. The van der Waals surface area contributed by atoms with E-state index in [0.29, 0.717) is 45.2 Å². The number of thioether (sulfide) groups is 1. The number of nitrogens with one attached hydrogen (secondary N) is 1. The summed E-state index contributed by atoms with van der Waals surface area (Å²) in [6.07, 6.45) is 0.520. The van der Waals surface area contributed by atoms with Crippen molar-refractivity contribution in [3.63, 3.8) is 0 Å². The van der Waals surface area contributed by atoms with Crippen molar-refractivity contribution >= 4 is 52.0 Å². The number of hydrogen-bond acceptors (Lipinski definition) is 11. The number of hydrogen-bond donors (Lipinski definition) is 1. The van der Waals surface area contributed by atoms with Crippen LogP contribution in [0.3, 0.4) is 0 Å². The Labute approximate surface area is 277 Å². The third-order valence-electron chi connectivity index (χ3n) is 7.27. The molecule has 2 aromatic carbocycles. The normalized spacial score (nSPS) is 14.2. The Hall–Kier alpha value is -4.66. The van der Waals surface area contributed by atoms with Crippen LogP contribution in [0.15, 0.2) is 87.7 Å². The van der Waals surface area contributed by atoms with Crippen LogP contribution in [-0.2, 0) is 11.3 Å². The highest BCUT2D eigenvalue weighted by Gasteiger charge is 2.36. The number of aromatic nitrogens is 3. The number of hydrazone groups is 1. The average molecular weight is 675 g/mol. The molecule has 5 aromatic rings. The average Bonchev–Trinajstić information content (AvgIpc) is 3.92. The lowest BCUT2D eigenvalue weighted by molar-refractivity contribution is -0.130. The second kappa shape index (κ2) is 14.2. The van der Waals surface area contributed by atoms with Crippen LogP contribution in [0.25, 0.3) is 5.69 Å². The van der Waals surface area contributed by atoms with Gasteiger partial charge in [-0.05, 0) is 41.1 Å². The van der Waals surface area contributed by atoms with Crippen molar-refractivity contribution in [1.82, 2.24) is 25.1 Å². The molecule has 14 heteroatoms. The fourth-order valence-electron chi connectivity index (χ4n) is 5.16. The maximum atomic E-state index is 14.0. The molecule has 0 fully saturated rings. The second-order valence-electron chi connectivity index (χ2n) is 9.92. The number of carbonyl (C=O) groups excluding carboxylic acids is 2. The van der Waals surface area contributed by atoms with Gasteiger partial charge in [-0.25, -0.2) is 5.01 Å². The third-order valence-corrected chi connectivity index (χ3v) is 9.97. The predicted octanol–water partition coefficient (Wildman–Crippen LogP) is 5.82. The monoisotopic (exact) mass is 674 g/mol. The molecule has 1 aliphatic rings. The van der Waals surface area contributed by atoms with Gasteiger partial charge in [-0.1, -0.05) is 48.2 Å². The van der Waals surface area contributed by atoms with Crippen LogP contribution >= 0.6 is 34.4 Å². The summed E-state index contributed by atoms with van der Waals surface area (Å²) in [7, 11) is 4.76. The Bertz CT molecular complexity index is 1860. The molecule has 6 rings (SSSR count). The Morgan fingerprint density at radius 2 is 1.70 bits per heavy atom. The summed E-state index contributed by atoms with van der Waals surface area (Å²) in [5.41, 5.74) is 2.31. The van der Waals surface area contributed by atoms with Crippen molar-refractivity contribution in [2.75, 3.05) is 27.1 Å². The molecular formula is C32H30N6O5S3. The molecule has 1 atom stereocenters. The van der Waals surface area contributed by atoms with Crippen LogP contribution in [-0.4, -0.2) is 64.4 Å². The smallest absolute Gasteiger partial charge is 0.261 e. The molecular weight excluding hydrogens is 645 g/mol. The molecule has 0 bridgehead atoms. The summed E-state index contributed by atoms with van der Waals surface area (Å²) in [5, 5.41) is 22.4. The van der Waals surface area contributed by atoms with Crippen molar-refractivity contribution < 1.29 is 23.8 Å². The Morgan fingerprint density at radius 3 is 2.43 bits per heavy atom. The lowest BCUT2D eigenvalue weighted by Crippen LogP contribution is -2.29. The topological polar surface area (TPSA) is 120 Å². The first kappa shape index (κ1) is 31.3. The number of benzene rings is 2. The fraction of sp³-hybridized carbons (Fsp3) is 0.219. The number of amides is 2. The van der Waals surface area contributed by atoms with Gasteiger partial charge in [0.2, 0.25) is 0 Å². The second-order valence-corrected chi connectivity index (χ2v) is 12.8. The maximum Gasteiger partial charge on any atom is 0.261 e. The number of para-hydroxylation sites is 3. The Kier molecular flexibility index (Phi) is 9.66. The first-order chi connectivity index (χ1) is 22.5. The molecule has 236 valence electrons. The van der Waals surface area contributed by atoms with Crippen LogP contribution < -0.4 is 19.5 Å². The van der Waals surface area contributed by atoms with Crippen molar-refractivity contribution in [3.05, 3.63) is 98.6 Å². The van der Waals surface area contributed by atoms with Gasteiger partial charge < -0.3 is 19.5 Å².